The van der Waals surface area contributed by atoms with Gasteiger partial charge in [-0.2, -0.15) is 0 Å². The zero-order valence-electron chi connectivity index (χ0n) is 13.2. The van der Waals surface area contributed by atoms with Crippen molar-refractivity contribution in [3.63, 3.8) is 0 Å². The van der Waals surface area contributed by atoms with E-state index in [4.69, 9.17) is 0 Å². The molecule has 0 aliphatic carbocycles. The first-order chi connectivity index (χ1) is 12.1. The maximum absolute atomic E-state index is 12.7. The fourth-order valence-corrected chi connectivity index (χ4v) is 3.08. The highest BCUT2D eigenvalue weighted by molar-refractivity contribution is 6.11. The standard InChI is InChI=1S/C19H15N3O3/c23-15-8-7-11-4-1-2-6-13(11)16(15)19(25)21-14-10-12-5-3-9-20-17(12)22-18(14)24/h1-9,14,23H,10H2,(H,21,25)(H,20,22,24). The zero-order chi connectivity index (χ0) is 17.4. The Balaban J connectivity index is 1.65. The molecule has 6 nitrogen and oxygen atoms in total. The lowest BCUT2D eigenvalue weighted by Gasteiger charge is -2.24. The number of carbonyl (C=O) groups excluding carboxylic acids is 2. The number of phenolic OH excluding ortho intramolecular Hbond substituents is 1. The Morgan fingerprint density at radius 3 is 2.88 bits per heavy atom. The summed E-state index contributed by atoms with van der Waals surface area (Å²) < 4.78 is 0. The van der Waals surface area contributed by atoms with Crippen molar-refractivity contribution in [2.45, 2.75) is 12.5 Å². The predicted octanol–water partition coefficient (Wildman–Crippen LogP) is 2.23. The van der Waals surface area contributed by atoms with Gasteiger partial charge in [0, 0.05) is 12.6 Å². The Labute approximate surface area is 143 Å². The second-order valence-electron chi connectivity index (χ2n) is 5.91. The van der Waals surface area contributed by atoms with Gasteiger partial charge in [-0.25, -0.2) is 4.98 Å². The lowest BCUT2D eigenvalue weighted by Crippen LogP contribution is -2.47. The first-order valence-electron chi connectivity index (χ1n) is 7.90. The van der Waals surface area contributed by atoms with Crippen LogP contribution in [-0.2, 0) is 11.2 Å². The highest BCUT2D eigenvalue weighted by Gasteiger charge is 2.29. The van der Waals surface area contributed by atoms with E-state index in [-0.39, 0.29) is 17.2 Å². The van der Waals surface area contributed by atoms with Crippen LogP contribution in [-0.4, -0.2) is 27.9 Å². The van der Waals surface area contributed by atoms with Crippen LogP contribution in [0, 0.1) is 0 Å². The van der Waals surface area contributed by atoms with Gasteiger partial charge in [-0.1, -0.05) is 36.4 Å². The van der Waals surface area contributed by atoms with E-state index >= 15 is 0 Å². The second-order valence-corrected chi connectivity index (χ2v) is 5.91. The average Bonchev–Trinajstić information content (AvgIpc) is 2.62. The van der Waals surface area contributed by atoms with Gasteiger partial charge in [0.25, 0.3) is 5.91 Å². The summed E-state index contributed by atoms with van der Waals surface area (Å²) in [4.78, 5) is 29.1. The average molecular weight is 333 g/mol. The summed E-state index contributed by atoms with van der Waals surface area (Å²) in [5.41, 5.74) is 1.03. The molecule has 0 spiro atoms. The van der Waals surface area contributed by atoms with Crippen LogP contribution in [0.2, 0.25) is 0 Å². The molecule has 3 N–H and O–H groups in total. The third-order valence-corrected chi connectivity index (χ3v) is 4.31. The minimum absolute atomic E-state index is 0.116. The van der Waals surface area contributed by atoms with Crippen molar-refractivity contribution in [3.8, 4) is 5.75 Å². The van der Waals surface area contributed by atoms with Crippen LogP contribution in [0.1, 0.15) is 15.9 Å². The normalized spacial score (nSPS) is 16.2. The van der Waals surface area contributed by atoms with Crippen LogP contribution in [0.3, 0.4) is 0 Å². The van der Waals surface area contributed by atoms with Crippen molar-refractivity contribution >= 4 is 28.4 Å². The number of aromatic hydroxyl groups is 1. The highest BCUT2D eigenvalue weighted by Crippen LogP contribution is 2.27. The minimum Gasteiger partial charge on any atom is -0.507 e. The monoisotopic (exact) mass is 333 g/mol. The molecule has 124 valence electrons. The molecule has 0 saturated carbocycles. The number of phenols is 1. The van der Waals surface area contributed by atoms with Gasteiger partial charge in [-0.15, -0.1) is 0 Å². The number of carbonyl (C=O) groups is 2. The van der Waals surface area contributed by atoms with E-state index in [0.717, 1.165) is 10.9 Å². The maximum Gasteiger partial charge on any atom is 0.256 e. The Bertz CT molecular complexity index is 1000. The lowest BCUT2D eigenvalue weighted by molar-refractivity contribution is -0.118. The molecule has 0 fully saturated rings. The number of anilines is 1. The number of nitrogens with zero attached hydrogens (tertiary/aromatic N) is 1. The Hall–Kier alpha value is -3.41. The van der Waals surface area contributed by atoms with Crippen LogP contribution in [0.5, 0.6) is 5.75 Å². The Kier molecular flexibility index (Phi) is 3.57. The van der Waals surface area contributed by atoms with Gasteiger partial charge >= 0.3 is 0 Å². The largest absolute Gasteiger partial charge is 0.507 e. The van der Waals surface area contributed by atoms with Gasteiger partial charge in [0.2, 0.25) is 5.91 Å². The topological polar surface area (TPSA) is 91.3 Å². The lowest BCUT2D eigenvalue weighted by atomic mass is 9.99. The van der Waals surface area contributed by atoms with Crippen LogP contribution in [0.4, 0.5) is 5.82 Å². The molecule has 0 bridgehead atoms. The first-order valence-corrected chi connectivity index (χ1v) is 7.90. The van der Waals surface area contributed by atoms with E-state index in [0.29, 0.717) is 17.6 Å². The summed E-state index contributed by atoms with van der Waals surface area (Å²) in [5.74, 6) is -0.401. The molecular weight excluding hydrogens is 318 g/mol. The van der Waals surface area contributed by atoms with Crippen molar-refractivity contribution in [2.75, 3.05) is 5.32 Å². The fourth-order valence-electron chi connectivity index (χ4n) is 3.08. The Morgan fingerprint density at radius 2 is 2.00 bits per heavy atom. The molecule has 6 heteroatoms. The van der Waals surface area contributed by atoms with E-state index < -0.39 is 11.9 Å². The smallest absolute Gasteiger partial charge is 0.256 e. The molecule has 1 aromatic heterocycles. The summed E-state index contributed by atoms with van der Waals surface area (Å²) in [6.07, 6.45) is 1.96. The summed E-state index contributed by atoms with van der Waals surface area (Å²) in [5, 5.41) is 17.1. The number of hydrogen-bond donors (Lipinski definition) is 3. The van der Waals surface area contributed by atoms with Crippen molar-refractivity contribution in [1.82, 2.24) is 10.3 Å². The number of aromatic nitrogens is 1. The molecule has 2 heterocycles. The van der Waals surface area contributed by atoms with E-state index in [1.54, 1.807) is 30.5 Å². The van der Waals surface area contributed by atoms with Crippen molar-refractivity contribution in [2.24, 2.45) is 0 Å². The molecule has 2 amide bonds. The molecule has 0 radical (unpaired) electrons. The van der Waals surface area contributed by atoms with E-state index in [1.807, 2.05) is 18.2 Å². The van der Waals surface area contributed by atoms with Crippen LogP contribution < -0.4 is 10.6 Å². The van der Waals surface area contributed by atoms with Crippen molar-refractivity contribution in [1.29, 1.82) is 0 Å². The van der Waals surface area contributed by atoms with Gasteiger partial charge < -0.3 is 15.7 Å². The number of hydrogen-bond acceptors (Lipinski definition) is 4. The van der Waals surface area contributed by atoms with Gasteiger partial charge in [-0.3, -0.25) is 9.59 Å². The maximum atomic E-state index is 12.7. The van der Waals surface area contributed by atoms with Gasteiger partial charge in [0.15, 0.2) is 0 Å². The third-order valence-electron chi connectivity index (χ3n) is 4.31. The molecular formula is C19H15N3O3. The minimum atomic E-state index is -0.720. The molecule has 4 rings (SSSR count). The van der Waals surface area contributed by atoms with Gasteiger partial charge in [0.05, 0.1) is 5.56 Å². The number of nitrogens with one attached hydrogen (secondary N) is 2. The number of rotatable bonds is 2. The highest BCUT2D eigenvalue weighted by atomic mass is 16.3. The van der Waals surface area contributed by atoms with Gasteiger partial charge in [0.1, 0.15) is 17.6 Å². The van der Waals surface area contributed by atoms with Crippen LogP contribution in [0.25, 0.3) is 10.8 Å². The van der Waals surface area contributed by atoms with Crippen molar-refractivity contribution in [3.05, 3.63) is 65.9 Å². The number of amides is 2. The predicted molar refractivity (Wildman–Crippen MR) is 93.4 cm³/mol. The van der Waals surface area contributed by atoms with Crippen LogP contribution in [0.15, 0.2) is 54.7 Å². The molecule has 25 heavy (non-hydrogen) atoms. The molecule has 1 atom stereocenters. The quantitative estimate of drug-likeness (QED) is 0.671. The fraction of sp³-hybridized carbons (Fsp3) is 0.105. The van der Waals surface area contributed by atoms with E-state index in [1.165, 1.54) is 6.07 Å². The summed E-state index contributed by atoms with van der Waals surface area (Å²) in [6, 6.07) is 13.4. The van der Waals surface area contributed by atoms with Gasteiger partial charge in [-0.05, 0) is 28.5 Å². The van der Waals surface area contributed by atoms with E-state index in [9.17, 15) is 14.7 Å². The molecule has 0 saturated heterocycles. The molecule has 3 aromatic rings. The molecule has 1 aliphatic rings. The summed E-state index contributed by atoms with van der Waals surface area (Å²) >= 11 is 0. The number of pyridine rings is 1. The number of fused-ring (bicyclic) bond motifs is 2. The third kappa shape index (κ3) is 2.67. The zero-order valence-corrected chi connectivity index (χ0v) is 13.2. The summed E-state index contributed by atoms with van der Waals surface area (Å²) in [6.45, 7) is 0. The molecule has 2 aromatic carbocycles. The SMILES string of the molecule is O=C(NC1Cc2cccnc2NC1=O)c1c(O)ccc2ccccc12. The number of benzene rings is 2. The summed E-state index contributed by atoms with van der Waals surface area (Å²) in [7, 11) is 0. The first kappa shape index (κ1) is 15.1. The van der Waals surface area contributed by atoms with Crippen molar-refractivity contribution < 1.29 is 14.7 Å². The second kappa shape index (κ2) is 5.90. The Morgan fingerprint density at radius 1 is 1.16 bits per heavy atom. The van der Waals surface area contributed by atoms with Crippen LogP contribution >= 0.6 is 0 Å². The van der Waals surface area contributed by atoms with E-state index in [2.05, 4.69) is 15.6 Å². The molecule has 1 aliphatic heterocycles. The molecule has 1 unspecified atom stereocenters.